The minimum absolute atomic E-state index is 0.0208. The van der Waals surface area contributed by atoms with Crippen LogP contribution in [0.2, 0.25) is 5.02 Å². The van der Waals surface area contributed by atoms with Gasteiger partial charge in [-0.15, -0.1) is 0 Å². The lowest BCUT2D eigenvalue weighted by atomic mass is 10.1. The monoisotopic (exact) mass is 533 g/mol. The van der Waals surface area contributed by atoms with E-state index in [0.717, 1.165) is 25.7 Å². The fourth-order valence-corrected chi connectivity index (χ4v) is 5.62. The van der Waals surface area contributed by atoms with Crippen LogP contribution in [0, 0.1) is 5.82 Å². The average Bonchev–Trinajstić information content (AvgIpc) is 3.58. The molecule has 1 fully saturated rings. The average molecular weight is 534 g/mol. The van der Waals surface area contributed by atoms with Gasteiger partial charge in [0.15, 0.2) is 17.2 Å². The van der Waals surface area contributed by atoms with Gasteiger partial charge in [0.05, 0.1) is 28.4 Å². The molecule has 0 aliphatic heterocycles. The van der Waals surface area contributed by atoms with Crippen LogP contribution in [-0.4, -0.2) is 36.4 Å². The van der Waals surface area contributed by atoms with Crippen LogP contribution in [-0.2, 0) is 0 Å². The molecule has 2 aromatic carbocycles. The van der Waals surface area contributed by atoms with E-state index in [1.165, 1.54) is 25.6 Å². The zero-order valence-corrected chi connectivity index (χ0v) is 21.6. The summed E-state index contributed by atoms with van der Waals surface area (Å²) >= 11 is 6.49. The van der Waals surface area contributed by atoms with E-state index in [1.54, 1.807) is 33.5 Å². The second-order valence-electron chi connectivity index (χ2n) is 9.50. The Morgan fingerprint density at radius 2 is 1.97 bits per heavy atom. The van der Waals surface area contributed by atoms with Crippen LogP contribution in [0.3, 0.4) is 0 Å². The first-order chi connectivity index (χ1) is 18.4. The Hall–Kier alpha value is -4.05. The van der Waals surface area contributed by atoms with E-state index in [9.17, 15) is 9.18 Å². The number of methoxy groups -OCH3 is 1. The largest absolute Gasteiger partial charge is 0.494 e. The van der Waals surface area contributed by atoms with Crippen LogP contribution in [0.25, 0.3) is 33.2 Å². The molecule has 5 aromatic rings. The van der Waals surface area contributed by atoms with Crippen molar-refractivity contribution in [2.45, 2.75) is 44.7 Å². The first-order valence-electron chi connectivity index (χ1n) is 12.4. The number of hydrogen-bond acceptors (Lipinski definition) is 7. The highest BCUT2D eigenvalue weighted by Gasteiger charge is 2.29. The van der Waals surface area contributed by atoms with Gasteiger partial charge < -0.3 is 10.5 Å². The van der Waals surface area contributed by atoms with Crippen LogP contribution in [0.4, 0.5) is 10.2 Å². The molecule has 3 heterocycles. The predicted molar refractivity (Wildman–Crippen MR) is 144 cm³/mol. The van der Waals surface area contributed by atoms with Crippen molar-refractivity contribution in [2.24, 2.45) is 0 Å². The summed E-state index contributed by atoms with van der Waals surface area (Å²) in [6.07, 6.45) is 5.22. The molecule has 3 aromatic heterocycles. The Balaban J connectivity index is 1.60. The van der Waals surface area contributed by atoms with Gasteiger partial charge >= 0.3 is 0 Å². The van der Waals surface area contributed by atoms with E-state index in [-0.39, 0.29) is 23.2 Å². The number of nitrogen functional groups attached to an aromatic ring is 1. The van der Waals surface area contributed by atoms with Gasteiger partial charge in [0.25, 0.3) is 5.56 Å². The van der Waals surface area contributed by atoms with E-state index < -0.39 is 11.9 Å². The molecule has 1 aliphatic rings. The van der Waals surface area contributed by atoms with Gasteiger partial charge in [0, 0.05) is 11.6 Å². The normalized spacial score (nSPS) is 14.9. The molecular formula is C27H25ClFN7O2. The van der Waals surface area contributed by atoms with Crippen LogP contribution < -0.4 is 16.0 Å². The molecule has 0 spiro atoms. The molecule has 0 saturated heterocycles. The van der Waals surface area contributed by atoms with Crippen molar-refractivity contribution in [3.63, 3.8) is 0 Å². The lowest BCUT2D eigenvalue weighted by Crippen LogP contribution is -2.31. The minimum Gasteiger partial charge on any atom is -0.494 e. The fraction of sp³-hybridized carbons (Fsp3) is 0.296. The van der Waals surface area contributed by atoms with Gasteiger partial charge in [-0.25, -0.2) is 24.0 Å². The van der Waals surface area contributed by atoms with E-state index in [2.05, 4.69) is 9.97 Å². The fourth-order valence-electron chi connectivity index (χ4n) is 5.40. The van der Waals surface area contributed by atoms with E-state index >= 15 is 0 Å². The summed E-state index contributed by atoms with van der Waals surface area (Å²) in [7, 11) is 1.41. The summed E-state index contributed by atoms with van der Waals surface area (Å²) in [4.78, 5) is 27.3. The van der Waals surface area contributed by atoms with E-state index in [4.69, 9.17) is 32.2 Å². The molecule has 1 aliphatic carbocycles. The number of aromatic nitrogens is 6. The third-order valence-corrected chi connectivity index (χ3v) is 7.59. The minimum atomic E-state index is -0.530. The summed E-state index contributed by atoms with van der Waals surface area (Å²) in [5.41, 5.74) is 7.94. The number of ether oxygens (including phenoxy) is 1. The predicted octanol–water partition coefficient (Wildman–Crippen LogP) is 5.31. The lowest BCUT2D eigenvalue weighted by molar-refractivity contribution is 0.386. The molecule has 11 heteroatoms. The summed E-state index contributed by atoms with van der Waals surface area (Å²) in [6.45, 7) is 1.90. The number of halogens is 2. The van der Waals surface area contributed by atoms with Crippen LogP contribution in [0.5, 0.6) is 5.75 Å². The molecule has 0 bridgehead atoms. The van der Waals surface area contributed by atoms with Crippen LogP contribution in [0.15, 0.2) is 47.5 Å². The van der Waals surface area contributed by atoms with Gasteiger partial charge in [-0.1, -0.05) is 30.5 Å². The number of anilines is 1. The van der Waals surface area contributed by atoms with Crippen molar-refractivity contribution in [3.8, 4) is 17.0 Å². The Morgan fingerprint density at radius 3 is 2.71 bits per heavy atom. The SMILES string of the molecule is COc1ccc(-c2nn(C(C)c3nc4c(Cl)cccc4c(=O)n3C3CCCC3)c3ncnc(N)c23)cc1F. The quantitative estimate of drug-likeness (QED) is 0.325. The van der Waals surface area contributed by atoms with Gasteiger partial charge in [-0.05, 0) is 50.1 Å². The molecule has 1 saturated carbocycles. The summed E-state index contributed by atoms with van der Waals surface area (Å²) in [6, 6.07) is 9.30. The second kappa shape index (κ2) is 9.36. The van der Waals surface area contributed by atoms with Crippen molar-refractivity contribution < 1.29 is 9.13 Å². The number of fused-ring (bicyclic) bond motifs is 2. The standard InChI is InChI=1S/C27H25ClFN7O2/c1-14(25-33-23-17(8-5-9-18(23)28)27(37)35(25)16-6-3-4-7-16)36-26-21(24(30)31-13-32-26)22(34-36)15-10-11-20(38-2)19(29)12-15/h5,8-14,16H,3-4,6-7H2,1-2H3,(H2,30,31,32). The number of nitrogens with zero attached hydrogens (tertiary/aromatic N) is 6. The second-order valence-corrected chi connectivity index (χ2v) is 9.90. The molecule has 6 rings (SSSR count). The maximum absolute atomic E-state index is 14.6. The molecule has 0 amide bonds. The highest BCUT2D eigenvalue weighted by molar-refractivity contribution is 6.35. The van der Waals surface area contributed by atoms with Crippen molar-refractivity contribution in [1.82, 2.24) is 29.3 Å². The zero-order chi connectivity index (χ0) is 26.6. The number of nitrogens with two attached hydrogens (primary N) is 1. The maximum atomic E-state index is 14.6. The lowest BCUT2D eigenvalue weighted by Gasteiger charge is -2.23. The van der Waals surface area contributed by atoms with Crippen molar-refractivity contribution in [1.29, 1.82) is 0 Å². The highest BCUT2D eigenvalue weighted by Crippen LogP contribution is 2.36. The zero-order valence-electron chi connectivity index (χ0n) is 20.9. The first-order valence-corrected chi connectivity index (χ1v) is 12.8. The maximum Gasteiger partial charge on any atom is 0.261 e. The summed E-state index contributed by atoms with van der Waals surface area (Å²) in [5, 5.41) is 6.19. The van der Waals surface area contributed by atoms with Gasteiger partial charge in [-0.3, -0.25) is 9.36 Å². The Morgan fingerprint density at radius 1 is 1.18 bits per heavy atom. The number of benzene rings is 2. The van der Waals surface area contributed by atoms with Crippen LogP contribution in [0.1, 0.15) is 50.5 Å². The number of para-hydroxylation sites is 1. The van der Waals surface area contributed by atoms with Crippen molar-refractivity contribution >= 4 is 39.4 Å². The van der Waals surface area contributed by atoms with Gasteiger partial charge in [0.1, 0.15) is 29.7 Å². The van der Waals surface area contributed by atoms with E-state index in [0.29, 0.717) is 44.0 Å². The Kier molecular flexibility index (Phi) is 5.98. The van der Waals surface area contributed by atoms with E-state index in [1.807, 2.05) is 6.92 Å². The van der Waals surface area contributed by atoms with Gasteiger partial charge in [0.2, 0.25) is 0 Å². The highest BCUT2D eigenvalue weighted by atomic mass is 35.5. The third kappa shape index (κ3) is 3.78. The topological polar surface area (TPSA) is 114 Å². The molecule has 9 nitrogen and oxygen atoms in total. The Labute approximate surface area is 222 Å². The van der Waals surface area contributed by atoms with Crippen molar-refractivity contribution in [3.05, 3.63) is 69.7 Å². The molecule has 0 radical (unpaired) electrons. The molecule has 2 N–H and O–H groups in total. The van der Waals surface area contributed by atoms with Crippen LogP contribution >= 0.6 is 11.6 Å². The first kappa shape index (κ1) is 24.3. The Bertz CT molecular complexity index is 1760. The summed E-state index contributed by atoms with van der Waals surface area (Å²) < 4.78 is 23.2. The van der Waals surface area contributed by atoms with Crippen molar-refractivity contribution in [2.75, 3.05) is 12.8 Å². The number of hydrogen-bond donors (Lipinski definition) is 1. The smallest absolute Gasteiger partial charge is 0.261 e. The molecule has 194 valence electrons. The molecule has 1 unspecified atom stereocenters. The molecule has 38 heavy (non-hydrogen) atoms. The summed E-state index contributed by atoms with van der Waals surface area (Å²) in [5.74, 6) is 0.323. The number of rotatable bonds is 5. The molecular weight excluding hydrogens is 509 g/mol. The molecule has 1 atom stereocenters. The third-order valence-electron chi connectivity index (χ3n) is 7.28. The van der Waals surface area contributed by atoms with Gasteiger partial charge in [-0.2, -0.15) is 5.10 Å².